The van der Waals surface area contributed by atoms with Gasteiger partial charge in [0.05, 0.1) is 17.8 Å². The molecule has 2 aliphatic rings. The first-order valence-electron chi connectivity index (χ1n) is 7.58. The van der Waals surface area contributed by atoms with Gasteiger partial charge in [-0.05, 0) is 37.1 Å². The number of nitrogens with one attached hydrogen (secondary N) is 2. The van der Waals surface area contributed by atoms with Crippen LogP contribution in [0.4, 0.5) is 5.00 Å². The molecule has 0 bridgehead atoms. The Morgan fingerprint density at radius 3 is 2.74 bits per heavy atom. The molecule has 2 aliphatic heterocycles. The molecule has 0 radical (unpaired) electrons. The van der Waals surface area contributed by atoms with Crippen molar-refractivity contribution in [1.82, 2.24) is 5.32 Å². The third kappa shape index (κ3) is 2.48. The van der Waals surface area contributed by atoms with Gasteiger partial charge in [0.2, 0.25) is 0 Å². The molecule has 4 rings (SSSR count). The van der Waals surface area contributed by atoms with Crippen LogP contribution in [0.3, 0.4) is 0 Å². The third-order valence-corrected chi connectivity index (χ3v) is 5.43. The van der Waals surface area contributed by atoms with Crippen molar-refractivity contribution in [3.63, 3.8) is 0 Å². The molecule has 3 N–H and O–H groups in total. The number of hydrogen-bond donors (Lipinski definition) is 3. The molecule has 1 atom stereocenters. The van der Waals surface area contributed by atoms with E-state index in [9.17, 15) is 9.90 Å². The number of hydrogen-bond acceptors (Lipinski definition) is 5. The molecule has 2 aromatic rings. The van der Waals surface area contributed by atoms with Crippen LogP contribution in [0.5, 0.6) is 5.75 Å². The molecule has 1 aromatic carbocycles. The molecule has 1 aromatic heterocycles. The lowest BCUT2D eigenvalue weighted by molar-refractivity contribution is -0.0383. The predicted molar refractivity (Wildman–Crippen MR) is 88.8 cm³/mol. The highest BCUT2D eigenvalue weighted by Gasteiger charge is 2.36. The van der Waals surface area contributed by atoms with Crippen molar-refractivity contribution in [3.8, 4) is 5.75 Å². The van der Waals surface area contributed by atoms with Crippen LogP contribution in [0.25, 0.3) is 0 Å². The summed E-state index contributed by atoms with van der Waals surface area (Å²) in [5.41, 5.74) is 2.53. The molecule has 0 aliphatic carbocycles. The van der Waals surface area contributed by atoms with Gasteiger partial charge in [-0.2, -0.15) is 0 Å². The Kier molecular flexibility index (Phi) is 3.14. The van der Waals surface area contributed by atoms with Crippen LogP contribution in [-0.2, 0) is 17.8 Å². The Labute approximate surface area is 138 Å². The third-order valence-electron chi connectivity index (χ3n) is 4.29. The number of ether oxygens (including phenoxy) is 1. The second-order valence-corrected chi connectivity index (χ2v) is 7.68. The van der Waals surface area contributed by atoms with Crippen LogP contribution in [0, 0.1) is 0 Å². The second-order valence-electron chi connectivity index (χ2n) is 6.58. The van der Waals surface area contributed by atoms with Crippen LogP contribution in [0.1, 0.15) is 46.4 Å². The van der Waals surface area contributed by atoms with Gasteiger partial charge < -0.3 is 20.5 Å². The van der Waals surface area contributed by atoms with Crippen LogP contribution in [-0.4, -0.2) is 16.6 Å². The summed E-state index contributed by atoms with van der Waals surface area (Å²) in [6.07, 6.45) is 0.456. The minimum Gasteiger partial charge on any atom is -0.508 e. The first kappa shape index (κ1) is 14.5. The smallest absolute Gasteiger partial charge is 0.256 e. The van der Waals surface area contributed by atoms with Gasteiger partial charge in [0, 0.05) is 11.3 Å². The fourth-order valence-corrected chi connectivity index (χ4v) is 4.26. The van der Waals surface area contributed by atoms with E-state index in [-0.39, 0.29) is 23.4 Å². The largest absolute Gasteiger partial charge is 0.508 e. The molecular weight excluding hydrogens is 312 g/mol. The number of phenolic OH excluding ortho intramolecular Hbond substituents is 1. The zero-order chi connectivity index (χ0) is 16.2. The number of phenols is 1. The normalized spacial score (nSPS) is 21.8. The van der Waals surface area contributed by atoms with E-state index >= 15 is 0 Å². The van der Waals surface area contributed by atoms with Gasteiger partial charge in [0.15, 0.2) is 0 Å². The topological polar surface area (TPSA) is 70.6 Å². The number of thiophene rings is 1. The zero-order valence-corrected chi connectivity index (χ0v) is 13.8. The van der Waals surface area contributed by atoms with E-state index in [2.05, 4.69) is 10.6 Å². The lowest BCUT2D eigenvalue weighted by Crippen LogP contribution is -2.39. The number of amides is 1. The minimum atomic E-state index is -0.287. The molecule has 5 nitrogen and oxygen atoms in total. The fraction of sp³-hybridized carbons (Fsp3) is 0.353. The highest BCUT2D eigenvalue weighted by Crippen LogP contribution is 2.43. The Morgan fingerprint density at radius 2 is 2.00 bits per heavy atom. The number of benzene rings is 1. The molecule has 1 amide bonds. The van der Waals surface area contributed by atoms with Crippen molar-refractivity contribution in [3.05, 3.63) is 45.8 Å². The molecule has 0 spiro atoms. The van der Waals surface area contributed by atoms with E-state index in [1.807, 2.05) is 13.8 Å². The van der Waals surface area contributed by atoms with Gasteiger partial charge in [-0.3, -0.25) is 4.79 Å². The summed E-state index contributed by atoms with van der Waals surface area (Å²) >= 11 is 1.60. The van der Waals surface area contributed by atoms with Gasteiger partial charge in [0.25, 0.3) is 5.91 Å². The van der Waals surface area contributed by atoms with Gasteiger partial charge >= 0.3 is 0 Å². The lowest BCUT2D eigenvalue weighted by Gasteiger charge is -2.31. The molecule has 3 heterocycles. The monoisotopic (exact) mass is 330 g/mol. The van der Waals surface area contributed by atoms with Crippen molar-refractivity contribution in [1.29, 1.82) is 0 Å². The number of aromatic hydroxyl groups is 1. The van der Waals surface area contributed by atoms with Crippen molar-refractivity contribution < 1.29 is 14.6 Å². The quantitative estimate of drug-likeness (QED) is 0.751. The Hall–Kier alpha value is -2.05. The minimum absolute atomic E-state index is 0.0491. The number of rotatable bonds is 1. The van der Waals surface area contributed by atoms with Crippen molar-refractivity contribution >= 4 is 22.2 Å². The molecule has 120 valence electrons. The van der Waals surface area contributed by atoms with E-state index < -0.39 is 0 Å². The molecule has 23 heavy (non-hydrogen) atoms. The van der Waals surface area contributed by atoms with Gasteiger partial charge in [-0.1, -0.05) is 12.1 Å². The summed E-state index contributed by atoms with van der Waals surface area (Å²) in [5, 5.41) is 16.7. The van der Waals surface area contributed by atoms with E-state index in [0.29, 0.717) is 6.61 Å². The van der Waals surface area contributed by atoms with Crippen LogP contribution < -0.4 is 10.6 Å². The summed E-state index contributed by atoms with van der Waals surface area (Å²) in [6.45, 7) is 4.65. The van der Waals surface area contributed by atoms with Crippen LogP contribution in [0.2, 0.25) is 0 Å². The van der Waals surface area contributed by atoms with Gasteiger partial charge in [-0.15, -0.1) is 11.3 Å². The highest BCUT2D eigenvalue weighted by atomic mass is 32.1. The van der Waals surface area contributed by atoms with E-state index in [4.69, 9.17) is 4.74 Å². The Morgan fingerprint density at radius 1 is 1.26 bits per heavy atom. The maximum atomic E-state index is 12.6. The first-order chi connectivity index (χ1) is 10.9. The average Bonchev–Trinajstić information content (AvgIpc) is 2.84. The van der Waals surface area contributed by atoms with E-state index in [1.165, 1.54) is 0 Å². The molecule has 0 saturated carbocycles. The van der Waals surface area contributed by atoms with Crippen molar-refractivity contribution in [2.75, 3.05) is 5.32 Å². The van der Waals surface area contributed by atoms with Gasteiger partial charge in [0.1, 0.15) is 16.9 Å². The predicted octanol–water partition coefficient (Wildman–Crippen LogP) is 3.16. The molecule has 0 fully saturated rings. The summed E-state index contributed by atoms with van der Waals surface area (Å²) in [6, 6.07) is 6.85. The highest BCUT2D eigenvalue weighted by molar-refractivity contribution is 7.16. The summed E-state index contributed by atoms with van der Waals surface area (Å²) < 4.78 is 5.85. The molecule has 0 saturated heterocycles. The average molecular weight is 330 g/mol. The Bertz CT molecular complexity index is 780. The number of fused-ring (bicyclic) bond motifs is 3. The maximum Gasteiger partial charge on any atom is 0.256 e. The lowest BCUT2D eigenvalue weighted by atomic mass is 9.92. The first-order valence-corrected chi connectivity index (χ1v) is 8.39. The molecular formula is C17H18N2O3S. The van der Waals surface area contributed by atoms with Crippen molar-refractivity contribution in [2.24, 2.45) is 0 Å². The summed E-state index contributed by atoms with van der Waals surface area (Å²) in [4.78, 5) is 13.8. The Balaban J connectivity index is 1.70. The standard InChI is InChI=1S/C17H18N2O3S/c1-17(2)7-11-12(8-22-17)23-16-13(11)15(21)18-14(19-16)9-3-5-10(20)6-4-9/h3-6,14,19-20H,7-8H2,1-2H3,(H,18,21)/t14-/m1/s1. The summed E-state index contributed by atoms with van der Waals surface area (Å²) in [5.74, 6) is 0.162. The second kappa shape index (κ2) is 4.97. The van der Waals surface area contributed by atoms with Crippen molar-refractivity contribution in [2.45, 2.75) is 38.6 Å². The van der Waals surface area contributed by atoms with E-state index in [1.54, 1.807) is 35.6 Å². The zero-order valence-electron chi connectivity index (χ0n) is 13.0. The molecule has 0 unspecified atom stereocenters. The van der Waals surface area contributed by atoms with Crippen LogP contribution in [0.15, 0.2) is 24.3 Å². The van der Waals surface area contributed by atoms with Gasteiger partial charge in [-0.25, -0.2) is 0 Å². The van der Waals surface area contributed by atoms with E-state index in [0.717, 1.165) is 33.0 Å². The fourth-order valence-electron chi connectivity index (χ4n) is 3.10. The van der Waals surface area contributed by atoms with Crippen LogP contribution >= 0.6 is 11.3 Å². The molecule has 6 heteroatoms. The SMILES string of the molecule is CC1(C)Cc2c(sc3c2C(=O)N[C@@H](c2ccc(O)cc2)N3)CO1. The number of carbonyl (C=O) groups is 1. The maximum absolute atomic E-state index is 12.6. The number of carbonyl (C=O) groups excluding carboxylic acids is 1. The summed E-state index contributed by atoms with van der Waals surface area (Å²) in [7, 11) is 0. The number of anilines is 1.